The lowest BCUT2D eigenvalue weighted by atomic mass is 10.1. The third-order valence-corrected chi connectivity index (χ3v) is 3.94. The van der Waals surface area contributed by atoms with E-state index in [0.29, 0.717) is 5.11 Å². The highest BCUT2D eigenvalue weighted by atomic mass is 32.1. The van der Waals surface area contributed by atoms with Crippen molar-refractivity contribution in [3.8, 4) is 5.75 Å². The number of aryl methyl sites for hydroxylation is 1. The summed E-state index contributed by atoms with van der Waals surface area (Å²) in [7, 11) is 1.67. The second-order valence-electron chi connectivity index (χ2n) is 4.26. The lowest BCUT2D eigenvalue weighted by molar-refractivity contribution is 0.414. The van der Waals surface area contributed by atoms with Gasteiger partial charge in [-0.05, 0) is 42.8 Å². The SMILES string of the molecule is COc1ccc(CCCN(C(N)=S)c2nccs2)cc1. The number of nitrogens with zero attached hydrogens (tertiary/aromatic N) is 2. The van der Waals surface area contributed by atoms with Gasteiger partial charge in [0.15, 0.2) is 10.2 Å². The average molecular weight is 307 g/mol. The van der Waals surface area contributed by atoms with Crippen LogP contribution in [0.15, 0.2) is 35.8 Å². The van der Waals surface area contributed by atoms with Crippen LogP contribution in [-0.2, 0) is 6.42 Å². The van der Waals surface area contributed by atoms with Gasteiger partial charge in [-0.3, -0.25) is 4.90 Å². The summed E-state index contributed by atoms with van der Waals surface area (Å²) < 4.78 is 5.14. The monoisotopic (exact) mass is 307 g/mol. The highest BCUT2D eigenvalue weighted by Crippen LogP contribution is 2.18. The maximum Gasteiger partial charge on any atom is 0.191 e. The number of benzene rings is 1. The molecule has 2 rings (SSSR count). The molecule has 0 aliphatic heterocycles. The Bertz CT molecular complexity index is 540. The van der Waals surface area contributed by atoms with Gasteiger partial charge < -0.3 is 10.5 Å². The van der Waals surface area contributed by atoms with Crippen molar-refractivity contribution in [1.29, 1.82) is 0 Å². The number of thiazole rings is 1. The first-order valence-corrected chi connectivity index (χ1v) is 7.59. The van der Waals surface area contributed by atoms with E-state index in [1.54, 1.807) is 24.6 Å². The van der Waals surface area contributed by atoms with E-state index in [1.165, 1.54) is 5.56 Å². The Morgan fingerprint density at radius 2 is 2.15 bits per heavy atom. The summed E-state index contributed by atoms with van der Waals surface area (Å²) in [5.74, 6) is 0.876. The number of ether oxygens (including phenoxy) is 1. The van der Waals surface area contributed by atoms with Crippen LogP contribution >= 0.6 is 23.6 Å². The van der Waals surface area contributed by atoms with Gasteiger partial charge in [0.1, 0.15) is 5.75 Å². The molecular formula is C14H17N3OS2. The fourth-order valence-electron chi connectivity index (χ4n) is 1.88. The third kappa shape index (κ3) is 3.91. The van der Waals surface area contributed by atoms with Crippen LogP contribution in [0.1, 0.15) is 12.0 Å². The zero-order chi connectivity index (χ0) is 14.4. The van der Waals surface area contributed by atoms with Gasteiger partial charge in [-0.2, -0.15) is 0 Å². The lowest BCUT2D eigenvalue weighted by Crippen LogP contribution is -2.36. The number of methoxy groups -OCH3 is 1. The van der Waals surface area contributed by atoms with E-state index < -0.39 is 0 Å². The predicted molar refractivity (Wildman–Crippen MR) is 87.6 cm³/mol. The van der Waals surface area contributed by atoms with E-state index in [4.69, 9.17) is 22.7 Å². The van der Waals surface area contributed by atoms with Gasteiger partial charge in [-0.25, -0.2) is 4.98 Å². The Balaban J connectivity index is 1.88. The normalized spacial score (nSPS) is 10.2. The highest BCUT2D eigenvalue weighted by molar-refractivity contribution is 7.80. The number of hydrogen-bond acceptors (Lipinski definition) is 4. The van der Waals surface area contributed by atoms with Crippen molar-refractivity contribution in [3.05, 3.63) is 41.4 Å². The Hall–Kier alpha value is -1.66. The molecule has 0 saturated heterocycles. The molecule has 0 fully saturated rings. The first-order valence-electron chi connectivity index (χ1n) is 6.30. The van der Waals surface area contributed by atoms with Crippen LogP contribution in [0.3, 0.4) is 0 Å². The first kappa shape index (κ1) is 14.7. The maximum absolute atomic E-state index is 5.75. The van der Waals surface area contributed by atoms with E-state index in [0.717, 1.165) is 30.3 Å². The van der Waals surface area contributed by atoms with Gasteiger partial charge in [-0.15, -0.1) is 11.3 Å². The number of thiocarbonyl (C=S) groups is 1. The van der Waals surface area contributed by atoms with Gasteiger partial charge in [0, 0.05) is 18.1 Å². The molecule has 0 saturated carbocycles. The quantitative estimate of drug-likeness (QED) is 0.832. The van der Waals surface area contributed by atoms with Gasteiger partial charge in [0.2, 0.25) is 0 Å². The van der Waals surface area contributed by atoms with Crippen LogP contribution in [0.25, 0.3) is 0 Å². The third-order valence-electron chi connectivity index (χ3n) is 2.92. The molecule has 0 unspecified atom stereocenters. The summed E-state index contributed by atoms with van der Waals surface area (Å²) in [5, 5.41) is 3.14. The summed E-state index contributed by atoms with van der Waals surface area (Å²) in [6.07, 6.45) is 3.69. The first-order chi connectivity index (χ1) is 9.70. The Morgan fingerprint density at radius 3 is 2.70 bits per heavy atom. The van der Waals surface area contributed by atoms with Gasteiger partial charge in [-0.1, -0.05) is 12.1 Å². The van der Waals surface area contributed by atoms with Crippen LogP contribution in [-0.4, -0.2) is 23.8 Å². The van der Waals surface area contributed by atoms with Crippen LogP contribution in [0, 0.1) is 0 Å². The van der Waals surface area contributed by atoms with Crippen molar-refractivity contribution >= 4 is 33.8 Å². The van der Waals surface area contributed by atoms with Gasteiger partial charge >= 0.3 is 0 Å². The van der Waals surface area contributed by atoms with Crippen molar-refractivity contribution in [3.63, 3.8) is 0 Å². The fraction of sp³-hybridized carbons (Fsp3) is 0.286. The molecule has 20 heavy (non-hydrogen) atoms. The minimum atomic E-state index is 0.370. The van der Waals surface area contributed by atoms with E-state index in [1.807, 2.05) is 22.4 Å². The van der Waals surface area contributed by atoms with Crippen molar-refractivity contribution in [1.82, 2.24) is 4.98 Å². The summed E-state index contributed by atoms with van der Waals surface area (Å²) in [5.41, 5.74) is 7.02. The van der Waals surface area contributed by atoms with E-state index in [9.17, 15) is 0 Å². The van der Waals surface area contributed by atoms with Gasteiger partial charge in [0.25, 0.3) is 0 Å². The molecule has 0 spiro atoms. The number of anilines is 1. The molecule has 0 atom stereocenters. The number of aromatic nitrogens is 1. The average Bonchev–Trinajstić information content (AvgIpc) is 2.97. The molecule has 0 amide bonds. The topological polar surface area (TPSA) is 51.4 Å². The molecule has 2 N–H and O–H groups in total. The van der Waals surface area contributed by atoms with E-state index in [-0.39, 0.29) is 0 Å². The fourth-order valence-corrected chi connectivity index (χ4v) is 2.80. The minimum absolute atomic E-state index is 0.370. The molecule has 2 aromatic rings. The van der Waals surface area contributed by atoms with Crippen LogP contribution in [0.2, 0.25) is 0 Å². The molecule has 0 radical (unpaired) electrons. The molecule has 0 aliphatic carbocycles. The van der Waals surface area contributed by atoms with Crippen molar-refractivity contribution in [2.75, 3.05) is 18.6 Å². The minimum Gasteiger partial charge on any atom is -0.497 e. The van der Waals surface area contributed by atoms with E-state index >= 15 is 0 Å². The number of nitrogens with two attached hydrogens (primary N) is 1. The van der Waals surface area contributed by atoms with Gasteiger partial charge in [0.05, 0.1) is 7.11 Å². The number of rotatable bonds is 6. The maximum atomic E-state index is 5.75. The molecule has 0 bridgehead atoms. The summed E-state index contributed by atoms with van der Waals surface area (Å²) in [4.78, 5) is 6.13. The molecule has 6 heteroatoms. The number of hydrogen-bond donors (Lipinski definition) is 1. The second kappa shape index (κ2) is 7.21. The summed E-state index contributed by atoms with van der Waals surface area (Å²) in [6, 6.07) is 8.10. The molecule has 0 aliphatic rings. The molecule has 1 aromatic carbocycles. The molecule has 1 aromatic heterocycles. The van der Waals surface area contributed by atoms with Crippen LogP contribution < -0.4 is 15.4 Å². The molecular weight excluding hydrogens is 290 g/mol. The van der Waals surface area contributed by atoms with Crippen molar-refractivity contribution in [2.45, 2.75) is 12.8 Å². The standard InChI is InChI=1S/C14H17N3OS2/c1-18-12-6-4-11(5-7-12)3-2-9-17(13(15)19)14-16-8-10-20-14/h4-8,10H,2-3,9H2,1H3,(H2,15,19). The van der Waals surface area contributed by atoms with Crippen LogP contribution in [0.5, 0.6) is 5.75 Å². The molecule has 106 valence electrons. The van der Waals surface area contributed by atoms with Crippen molar-refractivity contribution in [2.24, 2.45) is 5.73 Å². The van der Waals surface area contributed by atoms with Crippen molar-refractivity contribution < 1.29 is 4.74 Å². The zero-order valence-corrected chi connectivity index (χ0v) is 12.9. The Kier molecular flexibility index (Phi) is 5.31. The van der Waals surface area contributed by atoms with E-state index in [2.05, 4.69) is 17.1 Å². The second-order valence-corrected chi connectivity index (χ2v) is 5.55. The Morgan fingerprint density at radius 1 is 1.40 bits per heavy atom. The smallest absolute Gasteiger partial charge is 0.191 e. The lowest BCUT2D eigenvalue weighted by Gasteiger charge is -2.19. The molecule has 1 heterocycles. The molecule has 4 nitrogen and oxygen atoms in total. The van der Waals surface area contributed by atoms with Crippen LogP contribution in [0.4, 0.5) is 5.13 Å². The highest BCUT2D eigenvalue weighted by Gasteiger charge is 2.11. The summed E-state index contributed by atoms with van der Waals surface area (Å²) in [6.45, 7) is 0.773. The zero-order valence-electron chi connectivity index (χ0n) is 11.3. The largest absolute Gasteiger partial charge is 0.497 e. The summed E-state index contributed by atoms with van der Waals surface area (Å²) >= 11 is 6.62. The predicted octanol–water partition coefficient (Wildman–Crippen LogP) is 2.83. The Labute approximate surface area is 128 Å².